The Hall–Kier alpha value is -3.78. The molecule has 0 aliphatic rings. The molecule has 1 aromatic heterocycles. The fourth-order valence-electron chi connectivity index (χ4n) is 3.06. The second kappa shape index (κ2) is 10.7. The molecule has 0 aliphatic carbocycles. The molecule has 8 nitrogen and oxygen atoms in total. The number of anilines is 1. The molecule has 172 valence electrons. The number of methoxy groups -OCH3 is 1. The standard InChI is InChI=1S/C24H25ClN4O4/c1-14-10-22(32-4)19(12-18(14)25)29-24(31)28-13-16-5-6-21(15(2)9-16)33-17-7-8-27-20(11-17)23(30)26-3/h5-12H,13H2,1-4H3,(H,26,30)(H2,28,29,31). The van der Waals surface area contributed by atoms with Gasteiger partial charge in [-0.05, 0) is 54.8 Å². The number of aryl methyl sites for hydroxylation is 2. The van der Waals surface area contributed by atoms with E-state index in [1.165, 1.54) is 13.3 Å². The van der Waals surface area contributed by atoms with Crippen LogP contribution in [0.1, 0.15) is 27.2 Å². The van der Waals surface area contributed by atoms with E-state index in [9.17, 15) is 9.59 Å². The van der Waals surface area contributed by atoms with Crippen molar-refractivity contribution in [3.05, 3.63) is 76.1 Å². The number of halogens is 1. The van der Waals surface area contributed by atoms with E-state index in [2.05, 4.69) is 20.9 Å². The van der Waals surface area contributed by atoms with Crippen LogP contribution in [0, 0.1) is 13.8 Å². The van der Waals surface area contributed by atoms with Crippen LogP contribution in [-0.2, 0) is 6.54 Å². The summed E-state index contributed by atoms with van der Waals surface area (Å²) in [5.74, 6) is 1.38. The Morgan fingerprint density at radius 2 is 1.82 bits per heavy atom. The van der Waals surface area contributed by atoms with E-state index in [0.717, 1.165) is 16.7 Å². The molecule has 0 saturated carbocycles. The Kier molecular flexibility index (Phi) is 7.74. The number of benzene rings is 2. The summed E-state index contributed by atoms with van der Waals surface area (Å²) in [7, 11) is 3.07. The lowest BCUT2D eigenvalue weighted by molar-refractivity contribution is 0.0958. The van der Waals surface area contributed by atoms with Crippen molar-refractivity contribution in [3.63, 3.8) is 0 Å². The van der Waals surface area contributed by atoms with E-state index in [-0.39, 0.29) is 17.6 Å². The molecular formula is C24H25ClN4O4. The monoisotopic (exact) mass is 468 g/mol. The number of carbonyl (C=O) groups is 2. The zero-order valence-corrected chi connectivity index (χ0v) is 19.5. The summed E-state index contributed by atoms with van der Waals surface area (Å²) >= 11 is 6.16. The van der Waals surface area contributed by atoms with Crippen LogP contribution in [-0.4, -0.2) is 31.1 Å². The topological polar surface area (TPSA) is 102 Å². The maximum Gasteiger partial charge on any atom is 0.319 e. The van der Waals surface area contributed by atoms with Crippen molar-refractivity contribution in [2.75, 3.05) is 19.5 Å². The van der Waals surface area contributed by atoms with Crippen molar-refractivity contribution in [1.82, 2.24) is 15.6 Å². The molecule has 0 bridgehead atoms. The lowest BCUT2D eigenvalue weighted by atomic mass is 10.1. The molecule has 33 heavy (non-hydrogen) atoms. The fraction of sp³-hybridized carbons (Fsp3) is 0.208. The number of hydrogen-bond acceptors (Lipinski definition) is 5. The molecule has 0 unspecified atom stereocenters. The van der Waals surface area contributed by atoms with Gasteiger partial charge in [0.1, 0.15) is 22.9 Å². The smallest absolute Gasteiger partial charge is 0.319 e. The van der Waals surface area contributed by atoms with Gasteiger partial charge in [0, 0.05) is 30.9 Å². The van der Waals surface area contributed by atoms with E-state index in [1.807, 2.05) is 32.0 Å². The zero-order valence-electron chi connectivity index (χ0n) is 18.8. The van der Waals surface area contributed by atoms with Gasteiger partial charge < -0.3 is 25.4 Å². The SMILES string of the molecule is CNC(=O)c1cc(Oc2ccc(CNC(=O)Nc3cc(Cl)c(C)cc3OC)cc2C)ccn1. The molecule has 0 aliphatic heterocycles. The minimum atomic E-state index is -0.385. The van der Waals surface area contributed by atoms with E-state index in [1.54, 1.807) is 31.3 Å². The van der Waals surface area contributed by atoms with Gasteiger partial charge in [0.25, 0.3) is 5.91 Å². The molecule has 0 atom stereocenters. The van der Waals surface area contributed by atoms with Crippen molar-refractivity contribution in [1.29, 1.82) is 0 Å². The molecule has 1 heterocycles. The van der Waals surface area contributed by atoms with Crippen molar-refractivity contribution < 1.29 is 19.1 Å². The summed E-state index contributed by atoms with van der Waals surface area (Å²) < 4.78 is 11.2. The first-order valence-corrected chi connectivity index (χ1v) is 10.5. The van der Waals surface area contributed by atoms with Crippen LogP contribution in [0.3, 0.4) is 0 Å². The number of carbonyl (C=O) groups excluding carboxylic acids is 2. The Labute approximate surface area is 197 Å². The van der Waals surface area contributed by atoms with Gasteiger partial charge in [0.05, 0.1) is 12.8 Å². The van der Waals surface area contributed by atoms with Crippen molar-refractivity contribution >= 4 is 29.2 Å². The molecular weight excluding hydrogens is 444 g/mol. The number of hydrogen-bond donors (Lipinski definition) is 3. The molecule has 0 spiro atoms. The number of pyridine rings is 1. The number of nitrogens with zero attached hydrogens (tertiary/aromatic N) is 1. The average Bonchev–Trinajstić information content (AvgIpc) is 2.81. The first kappa shape index (κ1) is 23.9. The number of aromatic nitrogens is 1. The minimum absolute atomic E-state index is 0.269. The maximum absolute atomic E-state index is 12.4. The van der Waals surface area contributed by atoms with Crippen LogP contribution < -0.4 is 25.4 Å². The predicted molar refractivity (Wildman–Crippen MR) is 127 cm³/mol. The lowest BCUT2D eigenvalue weighted by Gasteiger charge is -2.14. The fourth-order valence-corrected chi connectivity index (χ4v) is 3.22. The predicted octanol–water partition coefficient (Wildman–Crippen LogP) is 4.83. The van der Waals surface area contributed by atoms with Crippen LogP contribution in [0.15, 0.2) is 48.7 Å². The van der Waals surface area contributed by atoms with Gasteiger partial charge in [-0.1, -0.05) is 23.7 Å². The van der Waals surface area contributed by atoms with Gasteiger partial charge in [-0.25, -0.2) is 4.79 Å². The van der Waals surface area contributed by atoms with E-state index in [0.29, 0.717) is 34.5 Å². The van der Waals surface area contributed by atoms with E-state index < -0.39 is 0 Å². The van der Waals surface area contributed by atoms with Gasteiger partial charge in [0.2, 0.25) is 0 Å². The molecule has 3 aromatic rings. The molecule has 2 aromatic carbocycles. The van der Waals surface area contributed by atoms with Crippen LogP contribution in [0.25, 0.3) is 0 Å². The molecule has 9 heteroatoms. The molecule has 3 N–H and O–H groups in total. The summed E-state index contributed by atoms with van der Waals surface area (Å²) in [6.07, 6.45) is 1.52. The van der Waals surface area contributed by atoms with Gasteiger partial charge in [-0.2, -0.15) is 0 Å². The first-order valence-electron chi connectivity index (χ1n) is 10.1. The second-order valence-corrected chi connectivity index (χ2v) is 7.67. The third-order valence-electron chi connectivity index (χ3n) is 4.84. The molecule has 0 fully saturated rings. The Bertz CT molecular complexity index is 1180. The van der Waals surface area contributed by atoms with Crippen LogP contribution >= 0.6 is 11.6 Å². The third kappa shape index (κ3) is 6.14. The normalized spacial score (nSPS) is 10.3. The van der Waals surface area contributed by atoms with Crippen molar-refractivity contribution in [2.45, 2.75) is 20.4 Å². The largest absolute Gasteiger partial charge is 0.495 e. The van der Waals surface area contributed by atoms with Crippen molar-refractivity contribution in [2.24, 2.45) is 0 Å². The van der Waals surface area contributed by atoms with E-state index >= 15 is 0 Å². The second-order valence-electron chi connectivity index (χ2n) is 7.27. The molecule has 0 radical (unpaired) electrons. The maximum atomic E-state index is 12.4. The first-order chi connectivity index (χ1) is 15.8. The van der Waals surface area contributed by atoms with Crippen LogP contribution in [0.4, 0.5) is 10.5 Å². The highest BCUT2D eigenvalue weighted by molar-refractivity contribution is 6.31. The molecule has 3 amide bonds. The summed E-state index contributed by atoms with van der Waals surface area (Å²) in [5, 5.41) is 8.64. The van der Waals surface area contributed by atoms with E-state index in [4.69, 9.17) is 21.1 Å². The molecule has 3 rings (SSSR count). The van der Waals surface area contributed by atoms with Gasteiger partial charge in [-0.3, -0.25) is 9.78 Å². The number of amides is 3. The zero-order chi connectivity index (χ0) is 24.0. The van der Waals surface area contributed by atoms with Gasteiger partial charge in [0.15, 0.2) is 0 Å². The lowest BCUT2D eigenvalue weighted by Crippen LogP contribution is -2.28. The highest BCUT2D eigenvalue weighted by Gasteiger charge is 2.11. The number of ether oxygens (including phenoxy) is 2. The van der Waals surface area contributed by atoms with Gasteiger partial charge >= 0.3 is 6.03 Å². The highest BCUT2D eigenvalue weighted by Crippen LogP contribution is 2.31. The summed E-state index contributed by atoms with van der Waals surface area (Å²) in [6.45, 7) is 4.07. The summed E-state index contributed by atoms with van der Waals surface area (Å²) in [4.78, 5) is 28.2. The van der Waals surface area contributed by atoms with Crippen molar-refractivity contribution in [3.8, 4) is 17.2 Å². The summed E-state index contributed by atoms with van der Waals surface area (Å²) in [6, 6.07) is 11.9. The Morgan fingerprint density at radius 1 is 1.03 bits per heavy atom. The average molecular weight is 469 g/mol. The highest BCUT2D eigenvalue weighted by atomic mass is 35.5. The quantitative estimate of drug-likeness (QED) is 0.460. The molecule has 0 saturated heterocycles. The van der Waals surface area contributed by atoms with Crippen LogP contribution in [0.2, 0.25) is 5.02 Å². The minimum Gasteiger partial charge on any atom is -0.495 e. The number of nitrogens with one attached hydrogen (secondary N) is 3. The van der Waals surface area contributed by atoms with Crippen LogP contribution in [0.5, 0.6) is 17.2 Å². The number of urea groups is 1. The van der Waals surface area contributed by atoms with Gasteiger partial charge in [-0.15, -0.1) is 0 Å². The number of rotatable bonds is 7. The Morgan fingerprint density at radius 3 is 2.52 bits per heavy atom. The summed E-state index contributed by atoms with van der Waals surface area (Å²) in [5.41, 5.74) is 3.38. The Balaban J connectivity index is 1.62. The third-order valence-corrected chi connectivity index (χ3v) is 5.25.